The molecule has 7 nitrogen and oxygen atoms in total. The van der Waals surface area contributed by atoms with E-state index in [9.17, 15) is 20.1 Å². The first kappa shape index (κ1) is 31.4. The molecule has 0 saturated carbocycles. The standard InChI is InChI=1S/C29H45NO6/c1-17(11-12-24-22(6)26(33)27(35-9)28(30-24)36-10)13-18(2)14-19(3)15-20(4)25(32)21(5)16-29(8,34)23(7)31/h11,14-16,20,23,25,31-32,34H,12-13H2,1-10H3,(H,30,33)/b17-11+,18-14+,19-15+,21-16+/t20-,23-,25-,29+/m1/s1. The average Bonchev–Trinajstić information content (AvgIpc) is 2.78. The van der Waals surface area contributed by atoms with Gasteiger partial charge in [0, 0.05) is 23.6 Å². The number of H-pyrrole nitrogens is 1. The summed E-state index contributed by atoms with van der Waals surface area (Å²) < 4.78 is 10.4. The number of rotatable bonds is 12. The van der Waals surface area contributed by atoms with Gasteiger partial charge in [0.2, 0.25) is 17.1 Å². The third-order valence-corrected chi connectivity index (χ3v) is 6.42. The molecular weight excluding hydrogens is 458 g/mol. The van der Waals surface area contributed by atoms with Crippen LogP contribution in [-0.2, 0) is 6.42 Å². The van der Waals surface area contributed by atoms with Crippen LogP contribution in [0.15, 0.2) is 51.4 Å². The lowest BCUT2D eigenvalue weighted by Crippen LogP contribution is -2.36. The van der Waals surface area contributed by atoms with Crippen LogP contribution >= 0.6 is 0 Å². The van der Waals surface area contributed by atoms with Crippen LogP contribution in [0.25, 0.3) is 0 Å². The first-order chi connectivity index (χ1) is 16.6. The molecule has 4 atom stereocenters. The van der Waals surface area contributed by atoms with Gasteiger partial charge in [-0.25, -0.2) is 0 Å². The molecule has 1 aromatic heterocycles. The van der Waals surface area contributed by atoms with Crippen molar-refractivity contribution in [1.29, 1.82) is 0 Å². The second-order valence-electron chi connectivity index (χ2n) is 10.1. The summed E-state index contributed by atoms with van der Waals surface area (Å²) in [4.78, 5) is 15.7. The highest BCUT2D eigenvalue weighted by Gasteiger charge is 2.26. The van der Waals surface area contributed by atoms with E-state index in [2.05, 4.69) is 31.0 Å². The maximum absolute atomic E-state index is 12.5. The Labute approximate surface area is 215 Å². The highest BCUT2D eigenvalue weighted by Crippen LogP contribution is 2.23. The first-order valence-electron chi connectivity index (χ1n) is 12.3. The van der Waals surface area contributed by atoms with E-state index in [4.69, 9.17) is 9.47 Å². The summed E-state index contributed by atoms with van der Waals surface area (Å²) in [5.74, 6) is 0.331. The van der Waals surface area contributed by atoms with Gasteiger partial charge in [0.1, 0.15) is 5.60 Å². The van der Waals surface area contributed by atoms with Crippen molar-refractivity contribution in [2.75, 3.05) is 14.2 Å². The van der Waals surface area contributed by atoms with E-state index < -0.39 is 17.8 Å². The van der Waals surface area contributed by atoms with Crippen LogP contribution in [-0.4, -0.2) is 52.3 Å². The third-order valence-electron chi connectivity index (χ3n) is 6.42. The minimum atomic E-state index is -1.40. The van der Waals surface area contributed by atoms with E-state index in [-0.39, 0.29) is 17.1 Å². The molecule has 202 valence electrons. The average molecular weight is 504 g/mol. The Morgan fingerprint density at radius 3 is 2.22 bits per heavy atom. The summed E-state index contributed by atoms with van der Waals surface area (Å²) in [5, 5.41) is 30.7. The molecule has 0 bridgehead atoms. The fraction of sp³-hybridized carbons (Fsp3) is 0.552. The minimum Gasteiger partial charge on any atom is -0.488 e. The zero-order chi connectivity index (χ0) is 27.8. The van der Waals surface area contributed by atoms with Crippen LogP contribution < -0.4 is 14.9 Å². The highest BCUT2D eigenvalue weighted by molar-refractivity contribution is 5.40. The maximum atomic E-state index is 12.5. The highest BCUT2D eigenvalue weighted by atomic mass is 16.5. The van der Waals surface area contributed by atoms with Crippen molar-refractivity contribution in [3.8, 4) is 11.6 Å². The first-order valence-corrected chi connectivity index (χ1v) is 12.3. The lowest BCUT2D eigenvalue weighted by molar-refractivity contribution is -0.0168. The van der Waals surface area contributed by atoms with E-state index in [0.717, 1.165) is 17.7 Å². The number of allylic oxidation sites excluding steroid dienone is 5. The molecule has 1 rings (SSSR count). The van der Waals surface area contributed by atoms with Gasteiger partial charge in [-0.15, -0.1) is 0 Å². The smallest absolute Gasteiger partial charge is 0.238 e. The van der Waals surface area contributed by atoms with E-state index in [1.807, 2.05) is 19.9 Å². The zero-order valence-electron chi connectivity index (χ0n) is 23.5. The van der Waals surface area contributed by atoms with Gasteiger partial charge in [-0.1, -0.05) is 41.9 Å². The number of nitrogens with one attached hydrogen (secondary N) is 1. The molecular formula is C29H45NO6. The van der Waals surface area contributed by atoms with Crippen LogP contribution in [0.3, 0.4) is 0 Å². The van der Waals surface area contributed by atoms with E-state index >= 15 is 0 Å². The Bertz CT molecular complexity index is 1070. The number of aliphatic hydroxyl groups is 3. The molecule has 0 aromatic carbocycles. The number of methoxy groups -OCH3 is 2. The number of aliphatic hydroxyl groups excluding tert-OH is 2. The quantitative estimate of drug-likeness (QED) is 0.246. The molecule has 0 unspecified atom stereocenters. The maximum Gasteiger partial charge on any atom is 0.238 e. The summed E-state index contributed by atoms with van der Waals surface area (Å²) in [6, 6.07) is 0. The van der Waals surface area contributed by atoms with Gasteiger partial charge in [0.05, 0.1) is 26.4 Å². The zero-order valence-corrected chi connectivity index (χ0v) is 23.5. The number of hydrogen-bond donors (Lipinski definition) is 4. The van der Waals surface area contributed by atoms with Gasteiger partial charge >= 0.3 is 0 Å². The van der Waals surface area contributed by atoms with Crippen LogP contribution in [0.2, 0.25) is 0 Å². The van der Waals surface area contributed by atoms with Gasteiger partial charge in [-0.05, 0) is 66.5 Å². The molecule has 7 heteroatoms. The molecule has 4 N–H and O–H groups in total. The summed E-state index contributed by atoms with van der Waals surface area (Å²) in [6.07, 6.45) is 7.33. The van der Waals surface area contributed by atoms with Gasteiger partial charge < -0.3 is 29.8 Å². The van der Waals surface area contributed by atoms with Crippen LogP contribution in [0.1, 0.15) is 66.1 Å². The van der Waals surface area contributed by atoms with Gasteiger partial charge in [0.15, 0.2) is 0 Å². The van der Waals surface area contributed by atoms with E-state index in [1.165, 1.54) is 45.3 Å². The Kier molecular flexibility index (Phi) is 11.9. The van der Waals surface area contributed by atoms with Gasteiger partial charge in [0.25, 0.3) is 0 Å². The number of aromatic amines is 1. The molecule has 0 spiro atoms. The molecule has 0 aliphatic carbocycles. The molecule has 1 aromatic rings. The van der Waals surface area contributed by atoms with E-state index in [1.54, 1.807) is 13.8 Å². The largest absolute Gasteiger partial charge is 0.488 e. The lowest BCUT2D eigenvalue weighted by Gasteiger charge is -2.26. The Morgan fingerprint density at radius 1 is 1.08 bits per heavy atom. The van der Waals surface area contributed by atoms with Crippen molar-refractivity contribution in [2.45, 2.75) is 86.0 Å². The third kappa shape index (κ3) is 8.80. The molecule has 36 heavy (non-hydrogen) atoms. The molecule has 0 saturated heterocycles. The molecule has 0 aliphatic heterocycles. The molecule has 0 radical (unpaired) electrons. The number of pyridine rings is 1. The molecule has 0 amide bonds. The molecule has 1 heterocycles. The van der Waals surface area contributed by atoms with Crippen molar-refractivity contribution < 1.29 is 24.8 Å². The van der Waals surface area contributed by atoms with Crippen molar-refractivity contribution >= 4 is 0 Å². The van der Waals surface area contributed by atoms with Gasteiger partial charge in [-0.2, -0.15) is 0 Å². The monoisotopic (exact) mass is 503 g/mol. The topological polar surface area (TPSA) is 112 Å². The van der Waals surface area contributed by atoms with Crippen LogP contribution in [0.4, 0.5) is 0 Å². The van der Waals surface area contributed by atoms with Crippen LogP contribution in [0, 0.1) is 12.8 Å². The van der Waals surface area contributed by atoms with Crippen LogP contribution in [0.5, 0.6) is 11.6 Å². The number of ether oxygens (including phenoxy) is 2. The number of aromatic nitrogens is 1. The molecule has 0 aliphatic rings. The Balaban J connectivity index is 2.93. The van der Waals surface area contributed by atoms with Crippen molar-refractivity contribution in [3.63, 3.8) is 0 Å². The fourth-order valence-electron chi connectivity index (χ4n) is 4.09. The van der Waals surface area contributed by atoms with Crippen molar-refractivity contribution in [2.24, 2.45) is 5.92 Å². The minimum absolute atomic E-state index is 0.170. The summed E-state index contributed by atoms with van der Waals surface area (Å²) in [6.45, 7) is 14.6. The number of hydrogen-bond acceptors (Lipinski definition) is 6. The van der Waals surface area contributed by atoms with Gasteiger partial charge in [-0.3, -0.25) is 4.79 Å². The van der Waals surface area contributed by atoms with Crippen molar-refractivity contribution in [3.05, 3.63) is 68.1 Å². The predicted molar refractivity (Wildman–Crippen MR) is 146 cm³/mol. The fourth-order valence-corrected chi connectivity index (χ4v) is 4.09. The van der Waals surface area contributed by atoms with E-state index in [0.29, 0.717) is 23.4 Å². The summed E-state index contributed by atoms with van der Waals surface area (Å²) in [5.41, 5.74) is 3.79. The predicted octanol–water partition coefficient (Wildman–Crippen LogP) is 4.55. The molecule has 0 fully saturated rings. The SMILES string of the molecule is COc1[nH]c(C/C=C(\C)C/C(C)=C/C(C)=C/[C@@H](C)[C@@H](O)/C(C)=C/[C@](C)(O)[C@@H](C)O)c(C)c(=O)c1OC. The summed E-state index contributed by atoms with van der Waals surface area (Å²) >= 11 is 0. The lowest BCUT2D eigenvalue weighted by atomic mass is 9.90. The Morgan fingerprint density at radius 2 is 1.69 bits per heavy atom. The Hall–Kier alpha value is -2.61. The van der Waals surface area contributed by atoms with Crippen molar-refractivity contribution in [1.82, 2.24) is 4.98 Å². The summed E-state index contributed by atoms with van der Waals surface area (Å²) in [7, 11) is 2.94. The second-order valence-corrected chi connectivity index (χ2v) is 10.1. The second kappa shape index (κ2) is 13.6. The normalized spacial score (nSPS) is 17.9.